The summed E-state index contributed by atoms with van der Waals surface area (Å²) in [7, 11) is -3.17. The predicted molar refractivity (Wildman–Crippen MR) is 58.7 cm³/mol. The third-order valence-electron chi connectivity index (χ3n) is 1.68. The molecule has 0 radical (unpaired) electrons. The highest BCUT2D eigenvalue weighted by atomic mass is 79.9. The Hall–Kier alpha value is -0.390. The number of rotatable bonds is 4. The molecule has 0 aromatic heterocycles. The van der Waals surface area contributed by atoms with Crippen LogP contribution in [0.1, 0.15) is 5.56 Å². The molecular formula is C9H11BrO3S. The molecule has 0 bridgehead atoms. The van der Waals surface area contributed by atoms with Gasteiger partial charge in [-0.3, -0.25) is 0 Å². The first-order valence-electron chi connectivity index (χ1n) is 4.09. The largest absolute Gasteiger partial charge is 0.395 e. The van der Waals surface area contributed by atoms with Gasteiger partial charge in [0.1, 0.15) is 0 Å². The molecule has 1 N–H and O–H groups in total. The third kappa shape index (κ3) is 3.77. The van der Waals surface area contributed by atoms with Crippen molar-refractivity contribution in [3.63, 3.8) is 0 Å². The fourth-order valence-corrected chi connectivity index (χ4v) is 2.65. The van der Waals surface area contributed by atoms with E-state index >= 15 is 0 Å². The lowest BCUT2D eigenvalue weighted by molar-refractivity contribution is 0.319. The molecule has 0 aliphatic heterocycles. The summed E-state index contributed by atoms with van der Waals surface area (Å²) in [6.07, 6.45) is 0. The van der Waals surface area contributed by atoms with Gasteiger partial charge in [-0.25, -0.2) is 8.42 Å². The minimum absolute atomic E-state index is 0.0208. The molecule has 1 aromatic rings. The Kier molecular flexibility index (Phi) is 4.10. The van der Waals surface area contributed by atoms with Crippen LogP contribution < -0.4 is 0 Å². The molecular weight excluding hydrogens is 268 g/mol. The fourth-order valence-electron chi connectivity index (χ4n) is 1.09. The van der Waals surface area contributed by atoms with Crippen LogP contribution in [0.5, 0.6) is 0 Å². The van der Waals surface area contributed by atoms with Crippen LogP contribution in [-0.2, 0) is 15.6 Å². The lowest BCUT2D eigenvalue weighted by Crippen LogP contribution is -2.12. The van der Waals surface area contributed by atoms with Gasteiger partial charge in [-0.15, -0.1) is 0 Å². The van der Waals surface area contributed by atoms with Gasteiger partial charge >= 0.3 is 0 Å². The van der Waals surface area contributed by atoms with Gasteiger partial charge in [0.15, 0.2) is 9.84 Å². The summed E-state index contributed by atoms with van der Waals surface area (Å²) in [5, 5.41) is 8.55. The van der Waals surface area contributed by atoms with Gasteiger partial charge in [-0.1, -0.05) is 28.1 Å². The molecule has 5 heteroatoms. The lowest BCUT2D eigenvalue weighted by atomic mass is 10.2. The quantitative estimate of drug-likeness (QED) is 0.905. The first kappa shape index (κ1) is 11.7. The molecule has 0 unspecified atom stereocenters. The number of hydrogen-bond donors (Lipinski definition) is 1. The van der Waals surface area contributed by atoms with Crippen LogP contribution in [-0.4, -0.2) is 25.9 Å². The van der Waals surface area contributed by atoms with Crippen LogP contribution >= 0.6 is 15.9 Å². The van der Waals surface area contributed by atoms with Gasteiger partial charge in [0, 0.05) is 4.47 Å². The van der Waals surface area contributed by atoms with Gasteiger partial charge < -0.3 is 5.11 Å². The summed E-state index contributed by atoms with van der Waals surface area (Å²) < 4.78 is 23.5. The number of sulfone groups is 1. The average molecular weight is 279 g/mol. The summed E-state index contributed by atoms with van der Waals surface area (Å²) >= 11 is 3.26. The summed E-state index contributed by atoms with van der Waals surface area (Å²) in [4.78, 5) is 0. The van der Waals surface area contributed by atoms with Crippen LogP contribution in [0.3, 0.4) is 0 Å². The van der Waals surface area contributed by atoms with Gasteiger partial charge in [0.25, 0.3) is 0 Å². The van der Waals surface area contributed by atoms with E-state index < -0.39 is 9.84 Å². The molecule has 0 amide bonds. The molecule has 0 heterocycles. The van der Waals surface area contributed by atoms with Gasteiger partial charge in [-0.05, 0) is 17.7 Å². The lowest BCUT2D eigenvalue weighted by Gasteiger charge is -2.02. The van der Waals surface area contributed by atoms with E-state index in [0.29, 0.717) is 0 Å². The molecule has 1 aromatic carbocycles. The van der Waals surface area contributed by atoms with E-state index in [9.17, 15) is 8.42 Å². The van der Waals surface area contributed by atoms with E-state index in [4.69, 9.17) is 5.11 Å². The van der Waals surface area contributed by atoms with Crippen LogP contribution in [0.2, 0.25) is 0 Å². The van der Waals surface area contributed by atoms with Crippen molar-refractivity contribution in [1.29, 1.82) is 0 Å². The zero-order chi connectivity index (χ0) is 10.6. The molecule has 0 aliphatic carbocycles. The smallest absolute Gasteiger partial charge is 0.156 e. The number of halogens is 1. The molecule has 0 fully saturated rings. The second kappa shape index (κ2) is 4.91. The molecule has 0 atom stereocenters. The molecule has 0 saturated heterocycles. The maximum Gasteiger partial charge on any atom is 0.156 e. The number of benzene rings is 1. The summed E-state index contributed by atoms with van der Waals surface area (Å²) in [5.41, 5.74) is 0.729. The Morgan fingerprint density at radius 1 is 1.36 bits per heavy atom. The summed E-state index contributed by atoms with van der Waals surface area (Å²) in [6, 6.07) is 7.13. The van der Waals surface area contributed by atoms with E-state index in [1.54, 1.807) is 18.2 Å². The van der Waals surface area contributed by atoms with Gasteiger partial charge in [0.05, 0.1) is 18.1 Å². The molecule has 78 valence electrons. The van der Waals surface area contributed by atoms with Crippen LogP contribution in [0, 0.1) is 0 Å². The first-order valence-corrected chi connectivity index (χ1v) is 6.71. The van der Waals surface area contributed by atoms with Crippen molar-refractivity contribution in [2.75, 3.05) is 12.4 Å². The summed E-state index contributed by atoms with van der Waals surface area (Å²) in [5.74, 6) is -0.202. The number of aliphatic hydroxyl groups is 1. The number of hydrogen-bond acceptors (Lipinski definition) is 3. The monoisotopic (exact) mass is 278 g/mol. The van der Waals surface area contributed by atoms with Crippen molar-refractivity contribution >= 4 is 25.8 Å². The van der Waals surface area contributed by atoms with Crippen molar-refractivity contribution in [3.8, 4) is 0 Å². The minimum atomic E-state index is -3.17. The minimum Gasteiger partial charge on any atom is -0.395 e. The van der Waals surface area contributed by atoms with E-state index in [2.05, 4.69) is 15.9 Å². The Morgan fingerprint density at radius 3 is 2.64 bits per heavy atom. The molecule has 0 saturated carbocycles. The average Bonchev–Trinajstić information content (AvgIpc) is 2.02. The first-order chi connectivity index (χ1) is 6.53. The second-order valence-corrected chi connectivity index (χ2v) is 6.05. The fraction of sp³-hybridized carbons (Fsp3) is 0.333. The summed E-state index contributed by atoms with van der Waals surface area (Å²) in [6.45, 7) is -0.323. The van der Waals surface area contributed by atoms with Gasteiger partial charge in [0.2, 0.25) is 0 Å². The molecule has 1 rings (SSSR count). The topological polar surface area (TPSA) is 54.4 Å². The van der Waals surface area contributed by atoms with Crippen LogP contribution in [0.4, 0.5) is 0 Å². The van der Waals surface area contributed by atoms with E-state index in [1.165, 1.54) is 0 Å². The molecule has 0 spiro atoms. The Balaban J connectivity index is 2.79. The SMILES string of the molecule is O=S(=O)(CCO)Cc1cccc(Br)c1. The highest BCUT2D eigenvalue weighted by Gasteiger charge is 2.10. The molecule has 3 nitrogen and oxygen atoms in total. The number of aliphatic hydroxyl groups excluding tert-OH is 1. The van der Waals surface area contributed by atoms with Crippen molar-refractivity contribution < 1.29 is 13.5 Å². The maximum atomic E-state index is 11.3. The maximum absolute atomic E-state index is 11.3. The van der Waals surface area contributed by atoms with Crippen molar-refractivity contribution in [1.82, 2.24) is 0 Å². The van der Waals surface area contributed by atoms with E-state index in [0.717, 1.165) is 10.0 Å². The third-order valence-corrected chi connectivity index (χ3v) is 3.75. The van der Waals surface area contributed by atoms with Gasteiger partial charge in [-0.2, -0.15) is 0 Å². The Morgan fingerprint density at radius 2 is 2.07 bits per heavy atom. The van der Waals surface area contributed by atoms with Crippen LogP contribution in [0.25, 0.3) is 0 Å². The van der Waals surface area contributed by atoms with E-state index in [1.807, 2.05) is 6.07 Å². The highest BCUT2D eigenvalue weighted by molar-refractivity contribution is 9.10. The normalized spacial score (nSPS) is 11.6. The van der Waals surface area contributed by atoms with Crippen molar-refractivity contribution in [2.24, 2.45) is 0 Å². The van der Waals surface area contributed by atoms with E-state index in [-0.39, 0.29) is 18.1 Å². The zero-order valence-electron chi connectivity index (χ0n) is 7.48. The Labute approximate surface area is 91.8 Å². The standard InChI is InChI=1S/C9H11BrO3S/c10-9-3-1-2-8(6-9)7-14(12,13)5-4-11/h1-3,6,11H,4-5,7H2. The Bertz CT molecular complexity index is 400. The predicted octanol–water partition coefficient (Wildman–Crippen LogP) is 1.36. The van der Waals surface area contributed by atoms with Crippen molar-refractivity contribution in [3.05, 3.63) is 34.3 Å². The van der Waals surface area contributed by atoms with Crippen molar-refractivity contribution in [2.45, 2.75) is 5.75 Å². The zero-order valence-corrected chi connectivity index (χ0v) is 9.88. The molecule has 0 aliphatic rings. The second-order valence-electron chi connectivity index (χ2n) is 2.95. The van der Waals surface area contributed by atoms with Crippen LogP contribution in [0.15, 0.2) is 28.7 Å². The molecule has 14 heavy (non-hydrogen) atoms. The highest BCUT2D eigenvalue weighted by Crippen LogP contribution is 2.14.